The van der Waals surface area contributed by atoms with Gasteiger partial charge in [-0.05, 0) is 34.5 Å². The lowest BCUT2D eigenvalue weighted by Gasteiger charge is -2.43. The second-order valence-corrected chi connectivity index (χ2v) is 16.4. The number of nitrogens with zero attached hydrogens (tertiary/aromatic N) is 1. The van der Waals surface area contributed by atoms with Crippen LogP contribution in [0, 0.1) is 6.92 Å². The second kappa shape index (κ2) is 9.82. The molecular weight excluding hydrogens is 474 g/mol. The van der Waals surface area contributed by atoms with Crippen molar-refractivity contribution in [2.45, 2.75) is 50.1 Å². The van der Waals surface area contributed by atoms with Crippen LogP contribution in [0.15, 0.2) is 89.8 Å². The number of sulfonamides is 1. The molecule has 35 heavy (non-hydrogen) atoms. The van der Waals surface area contributed by atoms with Crippen LogP contribution in [-0.2, 0) is 19.2 Å². The van der Waals surface area contributed by atoms with Crippen LogP contribution in [0.2, 0.25) is 5.04 Å². The predicted octanol–water partition coefficient (Wildman–Crippen LogP) is 3.90. The summed E-state index contributed by atoms with van der Waals surface area (Å²) in [5, 5.41) is 2.01. The number of hydrogen-bond donors (Lipinski definition) is 0. The van der Waals surface area contributed by atoms with E-state index in [0.717, 1.165) is 15.9 Å². The van der Waals surface area contributed by atoms with Gasteiger partial charge in [-0.3, -0.25) is 4.79 Å². The zero-order valence-corrected chi connectivity index (χ0v) is 22.6. The van der Waals surface area contributed by atoms with Crippen LogP contribution in [0.5, 0.6) is 0 Å². The molecule has 0 aliphatic carbocycles. The molecule has 0 amide bonds. The number of carbonyl (C=O) groups excluding carboxylic acids is 1. The van der Waals surface area contributed by atoms with Gasteiger partial charge in [0.15, 0.2) is 0 Å². The summed E-state index contributed by atoms with van der Waals surface area (Å²) in [4.78, 5) is 12.7. The standard InChI is InChI=1S/C28H33NO4SSi/c1-22-15-17-25(18-16-22)34(31,32)29-20-24(30)19-23(29)21-33-35(28(2,3)4,26-11-7-5-8-12-26)27-13-9-6-10-14-27/h5-18,23H,19-21H2,1-4H3/t23-/m0/s1. The normalized spacial score (nSPS) is 17.6. The van der Waals surface area contributed by atoms with Crippen molar-refractivity contribution in [3.05, 3.63) is 90.5 Å². The van der Waals surface area contributed by atoms with Crippen molar-refractivity contribution in [3.8, 4) is 0 Å². The van der Waals surface area contributed by atoms with Gasteiger partial charge in [-0.25, -0.2) is 8.42 Å². The summed E-state index contributed by atoms with van der Waals surface area (Å²) >= 11 is 0. The minimum Gasteiger partial charge on any atom is -0.406 e. The molecule has 1 atom stereocenters. The van der Waals surface area contributed by atoms with Gasteiger partial charge in [-0.2, -0.15) is 4.31 Å². The Morgan fingerprint density at radius 1 is 0.886 bits per heavy atom. The van der Waals surface area contributed by atoms with Crippen molar-refractivity contribution in [2.75, 3.05) is 13.2 Å². The summed E-state index contributed by atoms with van der Waals surface area (Å²) in [5.74, 6) is -0.0864. The summed E-state index contributed by atoms with van der Waals surface area (Å²) in [7, 11) is -6.67. The van der Waals surface area contributed by atoms with E-state index in [-0.39, 0.29) is 35.3 Å². The summed E-state index contributed by atoms with van der Waals surface area (Å²) in [6.45, 7) is 8.49. The van der Waals surface area contributed by atoms with Gasteiger partial charge in [0.1, 0.15) is 5.78 Å². The fraction of sp³-hybridized carbons (Fsp3) is 0.321. The quantitative estimate of drug-likeness (QED) is 0.455. The van der Waals surface area contributed by atoms with Gasteiger partial charge in [0.25, 0.3) is 8.32 Å². The van der Waals surface area contributed by atoms with Crippen molar-refractivity contribution in [3.63, 3.8) is 0 Å². The van der Waals surface area contributed by atoms with E-state index in [4.69, 9.17) is 4.43 Å². The molecule has 1 saturated heterocycles. The van der Waals surface area contributed by atoms with E-state index in [2.05, 4.69) is 45.0 Å². The highest BCUT2D eigenvalue weighted by Gasteiger charge is 2.51. The molecule has 184 valence electrons. The molecule has 1 aliphatic rings. The van der Waals surface area contributed by atoms with Gasteiger partial charge in [0, 0.05) is 6.42 Å². The van der Waals surface area contributed by atoms with E-state index in [1.54, 1.807) is 24.3 Å². The molecule has 0 aromatic heterocycles. The third-order valence-corrected chi connectivity index (χ3v) is 13.7. The maximum atomic E-state index is 13.5. The molecule has 0 saturated carbocycles. The Kier molecular flexibility index (Phi) is 7.15. The molecule has 1 heterocycles. The molecule has 4 rings (SSSR count). The minimum atomic E-state index is -3.82. The average molecular weight is 508 g/mol. The highest BCUT2D eigenvalue weighted by molar-refractivity contribution is 7.89. The monoisotopic (exact) mass is 507 g/mol. The van der Waals surface area contributed by atoms with Gasteiger partial charge < -0.3 is 4.43 Å². The van der Waals surface area contributed by atoms with Crippen molar-refractivity contribution in [1.82, 2.24) is 4.31 Å². The van der Waals surface area contributed by atoms with Crippen LogP contribution in [0.1, 0.15) is 32.8 Å². The summed E-state index contributed by atoms with van der Waals surface area (Å²) in [6.07, 6.45) is 0.156. The Balaban J connectivity index is 1.73. The molecule has 1 aliphatic heterocycles. The van der Waals surface area contributed by atoms with Gasteiger partial charge in [0.2, 0.25) is 10.0 Å². The third-order valence-electron chi connectivity index (χ3n) is 6.74. The fourth-order valence-electron chi connectivity index (χ4n) is 4.98. The second-order valence-electron chi connectivity index (χ2n) is 10.2. The van der Waals surface area contributed by atoms with Crippen LogP contribution < -0.4 is 10.4 Å². The molecule has 7 heteroatoms. The highest BCUT2D eigenvalue weighted by Crippen LogP contribution is 2.37. The zero-order chi connectivity index (χ0) is 25.3. The summed E-state index contributed by atoms with van der Waals surface area (Å²) < 4.78 is 35.3. The molecule has 1 fully saturated rings. The molecular formula is C28H33NO4SSi. The molecule has 3 aromatic carbocycles. The van der Waals surface area contributed by atoms with E-state index in [1.807, 2.05) is 43.3 Å². The minimum absolute atomic E-state index is 0.0864. The van der Waals surface area contributed by atoms with Crippen LogP contribution >= 0.6 is 0 Å². The van der Waals surface area contributed by atoms with Crippen LogP contribution in [0.3, 0.4) is 0 Å². The van der Waals surface area contributed by atoms with E-state index in [9.17, 15) is 13.2 Å². The summed E-state index contributed by atoms with van der Waals surface area (Å²) in [6, 6.07) is 26.7. The Labute approximate surface area is 209 Å². The molecule has 0 radical (unpaired) electrons. The molecule has 0 unspecified atom stereocenters. The van der Waals surface area contributed by atoms with Crippen LogP contribution in [0.4, 0.5) is 0 Å². The first-order chi connectivity index (χ1) is 16.6. The molecule has 3 aromatic rings. The number of Topliss-reactive ketones (excluding diaryl/α,β-unsaturated/α-hetero) is 1. The van der Waals surface area contributed by atoms with E-state index in [0.29, 0.717) is 0 Å². The van der Waals surface area contributed by atoms with Crippen LogP contribution in [-0.4, -0.2) is 46.0 Å². The van der Waals surface area contributed by atoms with Crippen molar-refractivity contribution in [2.24, 2.45) is 0 Å². The Hall–Kier alpha value is -2.58. The van der Waals surface area contributed by atoms with Gasteiger partial charge in [-0.1, -0.05) is 99.1 Å². The van der Waals surface area contributed by atoms with Crippen molar-refractivity contribution in [1.29, 1.82) is 0 Å². The average Bonchev–Trinajstić information content (AvgIpc) is 3.22. The maximum Gasteiger partial charge on any atom is 0.261 e. The van der Waals surface area contributed by atoms with Gasteiger partial charge >= 0.3 is 0 Å². The van der Waals surface area contributed by atoms with E-state index in [1.165, 1.54) is 4.31 Å². The lowest BCUT2D eigenvalue weighted by molar-refractivity contribution is -0.116. The number of ketones is 1. The first kappa shape index (κ1) is 25.5. The molecule has 0 bridgehead atoms. The Morgan fingerprint density at radius 2 is 1.40 bits per heavy atom. The van der Waals surface area contributed by atoms with E-state index >= 15 is 0 Å². The smallest absolute Gasteiger partial charge is 0.261 e. The van der Waals surface area contributed by atoms with Gasteiger partial charge in [-0.15, -0.1) is 0 Å². The topological polar surface area (TPSA) is 63.7 Å². The SMILES string of the molecule is Cc1ccc(S(=O)(=O)N2CC(=O)C[C@H]2CO[Si](c2ccccc2)(c2ccccc2)C(C)(C)C)cc1. The fourth-order valence-corrected chi connectivity index (χ4v) is 11.2. The van der Waals surface area contributed by atoms with Crippen molar-refractivity contribution >= 4 is 34.5 Å². The Morgan fingerprint density at radius 3 is 1.89 bits per heavy atom. The number of aryl methyl sites for hydroxylation is 1. The first-order valence-corrected chi connectivity index (χ1v) is 15.3. The maximum absolute atomic E-state index is 13.5. The number of hydrogen-bond acceptors (Lipinski definition) is 4. The Bertz CT molecular complexity index is 1230. The molecule has 5 nitrogen and oxygen atoms in total. The largest absolute Gasteiger partial charge is 0.406 e. The third kappa shape index (κ3) is 4.91. The predicted molar refractivity (Wildman–Crippen MR) is 142 cm³/mol. The van der Waals surface area contributed by atoms with Crippen molar-refractivity contribution < 1.29 is 17.6 Å². The lowest BCUT2D eigenvalue weighted by Crippen LogP contribution is -2.67. The molecule has 0 spiro atoms. The first-order valence-electron chi connectivity index (χ1n) is 11.9. The zero-order valence-electron chi connectivity index (χ0n) is 20.8. The number of carbonyl (C=O) groups is 1. The van der Waals surface area contributed by atoms with Crippen LogP contribution in [0.25, 0.3) is 0 Å². The van der Waals surface area contributed by atoms with E-state index < -0.39 is 24.4 Å². The lowest BCUT2D eigenvalue weighted by atomic mass is 10.2. The molecule has 0 N–H and O–H groups in total. The number of rotatable bonds is 7. The highest BCUT2D eigenvalue weighted by atomic mass is 32.2. The number of benzene rings is 3. The van der Waals surface area contributed by atoms with Gasteiger partial charge in [0.05, 0.1) is 24.1 Å². The summed E-state index contributed by atoms with van der Waals surface area (Å²) in [5.41, 5.74) is 0.980.